The van der Waals surface area contributed by atoms with E-state index >= 15 is 0 Å². The number of carboxylic acids is 1. The molecule has 80 valence electrons. The van der Waals surface area contributed by atoms with Crippen LogP contribution in [0, 0.1) is 0 Å². The minimum atomic E-state index is -1.13. The minimum Gasteiger partial charge on any atom is -0.481 e. The van der Waals surface area contributed by atoms with Crippen molar-refractivity contribution in [2.24, 2.45) is 0 Å². The number of carboxylic acid groups (broad SMARTS) is 1. The first-order chi connectivity index (χ1) is 6.58. The lowest BCUT2D eigenvalue weighted by Crippen LogP contribution is -2.31. The van der Waals surface area contributed by atoms with Gasteiger partial charge in [0.2, 0.25) is 0 Å². The van der Waals surface area contributed by atoms with Crippen LogP contribution in [0.2, 0.25) is 0 Å². The van der Waals surface area contributed by atoms with Crippen molar-refractivity contribution in [1.29, 1.82) is 0 Å². The van der Waals surface area contributed by atoms with E-state index in [2.05, 4.69) is 0 Å². The van der Waals surface area contributed by atoms with Crippen molar-refractivity contribution in [2.75, 3.05) is 0 Å². The third-order valence-corrected chi connectivity index (χ3v) is 2.79. The van der Waals surface area contributed by atoms with Crippen molar-refractivity contribution in [3.05, 3.63) is 0 Å². The fourth-order valence-electron chi connectivity index (χ4n) is 1.95. The number of carbonyl (C=O) groups excluding carboxylic acids is 1. The van der Waals surface area contributed by atoms with Crippen LogP contribution >= 0.6 is 0 Å². The molecule has 0 aromatic rings. The van der Waals surface area contributed by atoms with Gasteiger partial charge in [0.25, 0.3) is 0 Å². The molecule has 1 fully saturated rings. The summed E-state index contributed by atoms with van der Waals surface area (Å²) in [4.78, 5) is 21.4. The molecule has 0 amide bonds. The zero-order chi connectivity index (χ0) is 10.6. The second-order valence-electron chi connectivity index (χ2n) is 3.79. The van der Waals surface area contributed by atoms with Crippen LogP contribution < -0.4 is 0 Å². The SMILES string of the molecule is CCC1(OC(=O)CC(=O)O)CCCC1. The number of rotatable bonds is 4. The van der Waals surface area contributed by atoms with Crippen molar-refractivity contribution < 1.29 is 19.4 Å². The molecule has 1 aliphatic carbocycles. The van der Waals surface area contributed by atoms with Gasteiger partial charge in [0.15, 0.2) is 0 Å². The summed E-state index contributed by atoms with van der Waals surface area (Å²) < 4.78 is 5.24. The molecule has 0 unspecified atom stereocenters. The van der Waals surface area contributed by atoms with Crippen LogP contribution in [0.15, 0.2) is 0 Å². The molecule has 14 heavy (non-hydrogen) atoms. The third-order valence-electron chi connectivity index (χ3n) is 2.79. The number of hydrogen-bond acceptors (Lipinski definition) is 3. The molecule has 1 aliphatic rings. The number of carbonyl (C=O) groups is 2. The second kappa shape index (κ2) is 4.44. The van der Waals surface area contributed by atoms with Gasteiger partial charge in [-0.15, -0.1) is 0 Å². The molecule has 1 N–H and O–H groups in total. The number of ether oxygens (including phenoxy) is 1. The molecule has 0 bridgehead atoms. The third kappa shape index (κ3) is 2.72. The molecule has 0 spiro atoms. The van der Waals surface area contributed by atoms with E-state index in [0.29, 0.717) is 0 Å². The fourth-order valence-corrected chi connectivity index (χ4v) is 1.95. The fraction of sp³-hybridized carbons (Fsp3) is 0.800. The van der Waals surface area contributed by atoms with Crippen molar-refractivity contribution in [1.82, 2.24) is 0 Å². The van der Waals surface area contributed by atoms with Crippen LogP contribution in [-0.2, 0) is 14.3 Å². The Balaban J connectivity index is 2.47. The average Bonchev–Trinajstić information content (AvgIpc) is 2.52. The first-order valence-electron chi connectivity index (χ1n) is 5.01. The van der Waals surface area contributed by atoms with E-state index < -0.39 is 18.4 Å². The molecule has 0 aliphatic heterocycles. The molecule has 0 heterocycles. The lowest BCUT2D eigenvalue weighted by molar-refractivity contribution is -0.163. The van der Waals surface area contributed by atoms with Crippen LogP contribution in [0.1, 0.15) is 45.4 Å². The molecule has 0 aromatic heterocycles. The highest BCUT2D eigenvalue weighted by atomic mass is 16.6. The summed E-state index contributed by atoms with van der Waals surface area (Å²) in [6.07, 6.45) is 4.12. The Morgan fingerprint density at radius 3 is 2.36 bits per heavy atom. The van der Waals surface area contributed by atoms with E-state index in [-0.39, 0.29) is 5.60 Å². The molecule has 0 atom stereocenters. The molecule has 1 saturated carbocycles. The van der Waals surface area contributed by atoms with E-state index in [1.165, 1.54) is 0 Å². The van der Waals surface area contributed by atoms with Crippen LogP contribution in [0.4, 0.5) is 0 Å². The van der Waals surface area contributed by atoms with Crippen LogP contribution in [-0.4, -0.2) is 22.6 Å². The largest absolute Gasteiger partial charge is 0.481 e. The molecule has 4 nitrogen and oxygen atoms in total. The molecular formula is C10H16O4. The highest BCUT2D eigenvalue weighted by molar-refractivity contribution is 5.90. The van der Waals surface area contributed by atoms with E-state index in [9.17, 15) is 9.59 Å². The standard InChI is InChI=1S/C10H16O4/c1-2-10(5-3-4-6-10)14-9(13)7-8(11)12/h2-7H2,1H3,(H,11,12). The van der Waals surface area contributed by atoms with Crippen molar-refractivity contribution >= 4 is 11.9 Å². The van der Waals surface area contributed by atoms with Gasteiger partial charge in [0, 0.05) is 0 Å². The summed E-state index contributed by atoms with van der Waals surface area (Å²) >= 11 is 0. The van der Waals surface area contributed by atoms with Crippen LogP contribution in [0.5, 0.6) is 0 Å². The quantitative estimate of drug-likeness (QED) is 0.554. The van der Waals surface area contributed by atoms with E-state index in [1.807, 2.05) is 6.92 Å². The van der Waals surface area contributed by atoms with Crippen molar-refractivity contribution in [3.63, 3.8) is 0 Å². The van der Waals surface area contributed by atoms with Gasteiger partial charge in [-0.25, -0.2) is 0 Å². The first kappa shape index (κ1) is 11.0. The van der Waals surface area contributed by atoms with Gasteiger partial charge in [-0.2, -0.15) is 0 Å². The Hall–Kier alpha value is -1.06. The van der Waals surface area contributed by atoms with E-state index in [0.717, 1.165) is 32.1 Å². The maximum Gasteiger partial charge on any atom is 0.317 e. The monoisotopic (exact) mass is 200 g/mol. The highest BCUT2D eigenvalue weighted by Gasteiger charge is 2.36. The van der Waals surface area contributed by atoms with Crippen LogP contribution in [0.3, 0.4) is 0 Å². The zero-order valence-corrected chi connectivity index (χ0v) is 8.41. The summed E-state index contributed by atoms with van der Waals surface area (Å²) in [5, 5.41) is 8.41. The zero-order valence-electron chi connectivity index (χ0n) is 8.41. The molecule has 0 radical (unpaired) electrons. The normalized spacial score (nSPS) is 19.2. The van der Waals surface area contributed by atoms with Gasteiger partial charge in [0.05, 0.1) is 0 Å². The van der Waals surface area contributed by atoms with Crippen molar-refractivity contribution in [3.8, 4) is 0 Å². The topological polar surface area (TPSA) is 63.6 Å². The summed E-state index contributed by atoms with van der Waals surface area (Å²) in [6, 6.07) is 0. The molecule has 0 saturated heterocycles. The Morgan fingerprint density at radius 2 is 1.93 bits per heavy atom. The Morgan fingerprint density at radius 1 is 1.36 bits per heavy atom. The van der Waals surface area contributed by atoms with Gasteiger partial charge >= 0.3 is 11.9 Å². The predicted octanol–water partition coefficient (Wildman–Crippen LogP) is 1.73. The molecule has 1 rings (SSSR count). The molecule has 4 heteroatoms. The van der Waals surface area contributed by atoms with Gasteiger partial charge in [-0.05, 0) is 32.1 Å². The summed E-state index contributed by atoms with van der Waals surface area (Å²) in [5.41, 5.74) is -0.369. The van der Waals surface area contributed by atoms with Crippen molar-refractivity contribution in [2.45, 2.75) is 51.0 Å². The molecule has 0 aromatic carbocycles. The highest BCUT2D eigenvalue weighted by Crippen LogP contribution is 2.36. The summed E-state index contributed by atoms with van der Waals surface area (Å²) in [6.45, 7) is 1.97. The average molecular weight is 200 g/mol. The first-order valence-corrected chi connectivity index (χ1v) is 5.01. The van der Waals surface area contributed by atoms with E-state index in [4.69, 9.17) is 9.84 Å². The summed E-state index contributed by atoms with van der Waals surface area (Å²) in [5.74, 6) is -1.74. The lowest BCUT2D eigenvalue weighted by atomic mass is 9.99. The minimum absolute atomic E-state index is 0.369. The van der Waals surface area contributed by atoms with Gasteiger partial charge in [0.1, 0.15) is 12.0 Å². The molecular weight excluding hydrogens is 184 g/mol. The number of hydrogen-bond donors (Lipinski definition) is 1. The Labute approximate surface area is 83.2 Å². The predicted molar refractivity (Wildman–Crippen MR) is 49.8 cm³/mol. The van der Waals surface area contributed by atoms with Gasteiger partial charge in [-0.1, -0.05) is 6.92 Å². The van der Waals surface area contributed by atoms with Crippen LogP contribution in [0.25, 0.3) is 0 Å². The van der Waals surface area contributed by atoms with Gasteiger partial charge < -0.3 is 9.84 Å². The number of esters is 1. The Kier molecular flexibility index (Phi) is 3.49. The number of aliphatic carboxylic acids is 1. The lowest BCUT2D eigenvalue weighted by Gasteiger charge is -2.27. The smallest absolute Gasteiger partial charge is 0.317 e. The maximum absolute atomic E-state index is 11.2. The van der Waals surface area contributed by atoms with E-state index in [1.54, 1.807) is 0 Å². The van der Waals surface area contributed by atoms with Gasteiger partial charge in [-0.3, -0.25) is 9.59 Å². The Bertz CT molecular complexity index is 228. The summed E-state index contributed by atoms with van der Waals surface area (Å²) in [7, 11) is 0. The second-order valence-corrected chi connectivity index (χ2v) is 3.79. The maximum atomic E-state index is 11.2.